The summed E-state index contributed by atoms with van der Waals surface area (Å²) in [7, 11) is 0. The van der Waals surface area contributed by atoms with Crippen LogP contribution in [0.25, 0.3) is 10.8 Å². The zero-order valence-electron chi connectivity index (χ0n) is 17.9. The molecule has 7 heteroatoms. The van der Waals surface area contributed by atoms with Gasteiger partial charge in [0.15, 0.2) is 11.9 Å². The van der Waals surface area contributed by atoms with E-state index in [0.717, 1.165) is 10.8 Å². The van der Waals surface area contributed by atoms with Gasteiger partial charge < -0.3 is 15.0 Å². The van der Waals surface area contributed by atoms with Crippen LogP contribution in [0.2, 0.25) is 0 Å². The van der Waals surface area contributed by atoms with Gasteiger partial charge in [-0.15, -0.1) is 0 Å². The van der Waals surface area contributed by atoms with Crippen LogP contribution in [-0.4, -0.2) is 41.1 Å². The average molecular weight is 420 g/mol. The van der Waals surface area contributed by atoms with E-state index in [4.69, 9.17) is 4.74 Å². The third-order valence-electron chi connectivity index (χ3n) is 5.12. The number of ketones is 2. The monoisotopic (exact) mass is 420 g/mol. The summed E-state index contributed by atoms with van der Waals surface area (Å²) in [6.07, 6.45) is -1.07. The number of hydrogen-bond acceptors (Lipinski definition) is 5. The number of aryl methyl sites for hydroxylation is 1. The van der Waals surface area contributed by atoms with Crippen LogP contribution in [0.5, 0.6) is 0 Å². The highest BCUT2D eigenvalue weighted by Gasteiger charge is 2.26. The molecule has 1 amide bonds. The molecule has 0 bridgehead atoms. The lowest BCUT2D eigenvalue weighted by Crippen LogP contribution is -2.34. The van der Waals surface area contributed by atoms with Crippen molar-refractivity contribution in [1.29, 1.82) is 0 Å². The van der Waals surface area contributed by atoms with Crippen LogP contribution in [0.15, 0.2) is 42.5 Å². The number of nitrogens with one attached hydrogen (secondary N) is 2. The molecule has 0 aliphatic heterocycles. The summed E-state index contributed by atoms with van der Waals surface area (Å²) < 4.78 is 5.18. The molecule has 7 nitrogen and oxygen atoms in total. The predicted molar refractivity (Wildman–Crippen MR) is 116 cm³/mol. The van der Waals surface area contributed by atoms with Gasteiger partial charge in [-0.2, -0.15) is 0 Å². The molecule has 0 unspecified atom stereocenters. The summed E-state index contributed by atoms with van der Waals surface area (Å²) >= 11 is 0. The van der Waals surface area contributed by atoms with Crippen LogP contribution in [0.1, 0.15) is 56.3 Å². The Kier molecular flexibility index (Phi) is 6.34. The average Bonchev–Trinajstić information content (AvgIpc) is 3.04. The van der Waals surface area contributed by atoms with Crippen molar-refractivity contribution in [3.8, 4) is 0 Å². The SMILES string of the molecule is CC(=O)c1c(C)[nH]c(C(=O)[C@@H](C)OC(=O)CNC(=O)c2ccc3ccccc3c2)c1C. The van der Waals surface area contributed by atoms with E-state index in [1.165, 1.54) is 13.8 Å². The first-order valence-corrected chi connectivity index (χ1v) is 9.89. The van der Waals surface area contributed by atoms with Crippen LogP contribution in [0, 0.1) is 13.8 Å². The van der Waals surface area contributed by atoms with Crippen molar-refractivity contribution in [1.82, 2.24) is 10.3 Å². The third-order valence-corrected chi connectivity index (χ3v) is 5.12. The highest BCUT2D eigenvalue weighted by molar-refractivity contribution is 6.05. The van der Waals surface area contributed by atoms with Crippen molar-refractivity contribution in [2.45, 2.75) is 33.8 Å². The third kappa shape index (κ3) is 4.71. The number of benzene rings is 2. The van der Waals surface area contributed by atoms with Gasteiger partial charge in [-0.05, 0) is 56.2 Å². The van der Waals surface area contributed by atoms with Gasteiger partial charge in [0, 0.05) is 16.8 Å². The minimum Gasteiger partial charge on any atom is -0.453 e. The Bertz CT molecular complexity index is 1190. The Morgan fingerprint density at radius 2 is 1.71 bits per heavy atom. The summed E-state index contributed by atoms with van der Waals surface area (Å²) in [5.74, 6) is -1.74. The van der Waals surface area contributed by atoms with Gasteiger partial charge >= 0.3 is 5.97 Å². The number of amides is 1. The largest absolute Gasteiger partial charge is 0.453 e. The summed E-state index contributed by atoms with van der Waals surface area (Å²) in [6, 6.07) is 12.9. The fourth-order valence-electron chi connectivity index (χ4n) is 3.61. The Balaban J connectivity index is 1.59. The topological polar surface area (TPSA) is 105 Å². The van der Waals surface area contributed by atoms with E-state index in [-0.39, 0.29) is 18.0 Å². The number of Topliss-reactive ketones (excluding diaryl/α,β-unsaturated/α-hetero) is 2. The Labute approximate surface area is 179 Å². The van der Waals surface area contributed by atoms with Gasteiger partial charge in [0.05, 0.1) is 5.69 Å². The molecule has 31 heavy (non-hydrogen) atoms. The Morgan fingerprint density at radius 1 is 1.03 bits per heavy atom. The van der Waals surface area contributed by atoms with Crippen molar-refractivity contribution in [3.63, 3.8) is 0 Å². The van der Waals surface area contributed by atoms with Crippen molar-refractivity contribution < 1.29 is 23.9 Å². The highest BCUT2D eigenvalue weighted by Crippen LogP contribution is 2.20. The molecule has 3 aromatic rings. The number of aromatic nitrogens is 1. The second-order valence-corrected chi connectivity index (χ2v) is 7.42. The number of aromatic amines is 1. The molecule has 2 aromatic carbocycles. The molecule has 1 heterocycles. The van der Waals surface area contributed by atoms with E-state index in [2.05, 4.69) is 10.3 Å². The summed E-state index contributed by atoms with van der Waals surface area (Å²) in [6.45, 7) is 5.89. The number of carbonyl (C=O) groups excluding carboxylic acids is 4. The maximum absolute atomic E-state index is 12.7. The lowest BCUT2D eigenvalue weighted by Gasteiger charge is -2.13. The van der Waals surface area contributed by atoms with Gasteiger partial charge in [-0.1, -0.05) is 30.3 Å². The second-order valence-electron chi connectivity index (χ2n) is 7.42. The number of H-pyrrole nitrogens is 1. The van der Waals surface area contributed by atoms with Crippen LogP contribution in [-0.2, 0) is 9.53 Å². The van der Waals surface area contributed by atoms with Crippen molar-refractivity contribution in [2.75, 3.05) is 6.54 Å². The molecule has 1 atom stereocenters. The molecular weight excluding hydrogens is 396 g/mol. The van der Waals surface area contributed by atoms with E-state index in [0.29, 0.717) is 22.4 Å². The minimum absolute atomic E-state index is 0.147. The lowest BCUT2D eigenvalue weighted by molar-refractivity contribution is -0.145. The predicted octanol–water partition coefficient (Wildman–Crippen LogP) is 3.53. The zero-order valence-corrected chi connectivity index (χ0v) is 17.9. The molecule has 1 aromatic heterocycles. The molecule has 0 spiro atoms. The fourth-order valence-corrected chi connectivity index (χ4v) is 3.61. The van der Waals surface area contributed by atoms with Gasteiger partial charge in [0.1, 0.15) is 6.54 Å². The standard InChI is InChI=1S/C24H24N2O5/c1-13-21(15(3)27)14(2)26-22(13)23(29)16(4)31-20(28)12-25-24(30)19-10-9-17-7-5-6-8-18(17)11-19/h5-11,16,26H,12H2,1-4H3,(H,25,30)/t16-/m1/s1. The van der Waals surface area contributed by atoms with Gasteiger partial charge in [-0.3, -0.25) is 19.2 Å². The molecular formula is C24H24N2O5. The summed E-state index contributed by atoms with van der Waals surface area (Å²) in [5, 5.41) is 4.43. The molecule has 0 radical (unpaired) electrons. The molecule has 0 fully saturated rings. The summed E-state index contributed by atoms with van der Waals surface area (Å²) in [5.41, 5.74) is 2.25. The van der Waals surface area contributed by atoms with Crippen molar-refractivity contribution >= 4 is 34.2 Å². The molecule has 160 valence electrons. The van der Waals surface area contributed by atoms with Crippen molar-refractivity contribution in [2.24, 2.45) is 0 Å². The van der Waals surface area contributed by atoms with Gasteiger partial charge in [-0.25, -0.2) is 0 Å². The first-order valence-electron chi connectivity index (χ1n) is 9.89. The van der Waals surface area contributed by atoms with E-state index < -0.39 is 23.8 Å². The zero-order chi connectivity index (χ0) is 22.7. The van der Waals surface area contributed by atoms with E-state index in [9.17, 15) is 19.2 Å². The number of carbonyl (C=O) groups is 4. The van der Waals surface area contributed by atoms with Crippen molar-refractivity contribution in [3.05, 3.63) is 70.5 Å². The molecule has 0 aliphatic rings. The molecule has 3 rings (SSSR count). The van der Waals surface area contributed by atoms with Gasteiger partial charge in [0.2, 0.25) is 5.78 Å². The smallest absolute Gasteiger partial charge is 0.326 e. The molecule has 0 saturated heterocycles. The van der Waals surface area contributed by atoms with E-state index >= 15 is 0 Å². The van der Waals surface area contributed by atoms with Crippen LogP contribution in [0.4, 0.5) is 0 Å². The van der Waals surface area contributed by atoms with Crippen LogP contribution >= 0.6 is 0 Å². The maximum Gasteiger partial charge on any atom is 0.326 e. The Hall–Kier alpha value is -3.74. The fraction of sp³-hybridized carbons (Fsp3) is 0.250. The molecule has 0 saturated carbocycles. The van der Waals surface area contributed by atoms with E-state index in [1.807, 2.05) is 30.3 Å². The molecule has 2 N–H and O–H groups in total. The number of ether oxygens (including phenoxy) is 1. The number of esters is 1. The lowest BCUT2D eigenvalue weighted by atomic mass is 10.0. The summed E-state index contributed by atoms with van der Waals surface area (Å²) in [4.78, 5) is 51.8. The van der Waals surface area contributed by atoms with Crippen LogP contribution in [0.3, 0.4) is 0 Å². The minimum atomic E-state index is -1.07. The molecule has 0 aliphatic carbocycles. The number of rotatable bonds is 7. The van der Waals surface area contributed by atoms with Crippen LogP contribution < -0.4 is 5.32 Å². The Morgan fingerprint density at radius 3 is 2.35 bits per heavy atom. The quantitative estimate of drug-likeness (QED) is 0.449. The number of hydrogen-bond donors (Lipinski definition) is 2. The van der Waals surface area contributed by atoms with Gasteiger partial charge in [0.25, 0.3) is 5.91 Å². The number of fused-ring (bicyclic) bond motifs is 1. The second kappa shape index (κ2) is 8.95. The maximum atomic E-state index is 12.7. The highest BCUT2D eigenvalue weighted by atomic mass is 16.5. The normalized spacial score (nSPS) is 11.7. The van der Waals surface area contributed by atoms with E-state index in [1.54, 1.807) is 26.0 Å². The first-order chi connectivity index (χ1) is 14.7. The first kappa shape index (κ1) is 22.0.